The first-order valence-corrected chi connectivity index (χ1v) is 6.43. The van der Waals surface area contributed by atoms with Crippen LogP contribution in [0.1, 0.15) is 37.2 Å². The molecular weight excluding hydrogens is 226 g/mol. The average Bonchev–Trinajstić information content (AvgIpc) is 2.78. The fourth-order valence-corrected chi connectivity index (χ4v) is 1.89. The lowest BCUT2D eigenvalue weighted by Crippen LogP contribution is -2.24. The van der Waals surface area contributed by atoms with Crippen molar-refractivity contribution in [3.63, 3.8) is 0 Å². The summed E-state index contributed by atoms with van der Waals surface area (Å²) in [5.74, 6) is 0.934. The van der Waals surface area contributed by atoms with Gasteiger partial charge < -0.3 is 9.73 Å². The Balaban J connectivity index is 1.92. The Hall–Kier alpha value is -1.77. The van der Waals surface area contributed by atoms with Crippen molar-refractivity contribution in [1.82, 2.24) is 5.32 Å². The number of nitrogens with one attached hydrogen (secondary N) is 1. The minimum Gasteiger partial charge on any atom is -0.451 e. The van der Waals surface area contributed by atoms with E-state index >= 15 is 0 Å². The van der Waals surface area contributed by atoms with Crippen molar-refractivity contribution in [2.75, 3.05) is 6.54 Å². The van der Waals surface area contributed by atoms with Crippen LogP contribution in [0.2, 0.25) is 0 Å². The Morgan fingerprint density at radius 1 is 1.33 bits per heavy atom. The lowest BCUT2D eigenvalue weighted by Gasteiger charge is -2.05. The first-order valence-electron chi connectivity index (χ1n) is 6.43. The van der Waals surface area contributed by atoms with Gasteiger partial charge in [0.15, 0.2) is 5.76 Å². The van der Waals surface area contributed by atoms with Crippen molar-refractivity contribution in [3.05, 3.63) is 36.1 Å². The molecule has 0 aliphatic heterocycles. The van der Waals surface area contributed by atoms with Gasteiger partial charge in [0.1, 0.15) is 5.58 Å². The van der Waals surface area contributed by atoms with E-state index in [1.165, 1.54) is 0 Å². The monoisotopic (exact) mass is 245 g/mol. The lowest BCUT2D eigenvalue weighted by molar-refractivity contribution is 0.0927. The fraction of sp³-hybridized carbons (Fsp3) is 0.400. The summed E-state index contributed by atoms with van der Waals surface area (Å²) in [6.45, 7) is 5.07. The highest BCUT2D eigenvalue weighted by Gasteiger charge is 2.11. The summed E-state index contributed by atoms with van der Waals surface area (Å²) in [5.41, 5.74) is 0.754. The van der Waals surface area contributed by atoms with Crippen molar-refractivity contribution in [3.8, 4) is 0 Å². The van der Waals surface area contributed by atoms with Gasteiger partial charge in [0.25, 0.3) is 5.91 Å². The van der Waals surface area contributed by atoms with Gasteiger partial charge in [-0.2, -0.15) is 0 Å². The van der Waals surface area contributed by atoms with E-state index in [0.717, 1.165) is 23.8 Å². The summed E-state index contributed by atoms with van der Waals surface area (Å²) in [7, 11) is 0. The normalized spacial score (nSPS) is 11.1. The second-order valence-corrected chi connectivity index (χ2v) is 4.94. The number of hydrogen-bond acceptors (Lipinski definition) is 2. The number of amides is 1. The number of carbonyl (C=O) groups is 1. The zero-order valence-corrected chi connectivity index (χ0v) is 10.9. The molecule has 0 saturated carbocycles. The van der Waals surface area contributed by atoms with Crippen LogP contribution in [0.4, 0.5) is 0 Å². The van der Waals surface area contributed by atoms with Crippen molar-refractivity contribution >= 4 is 16.9 Å². The molecule has 96 valence electrons. The van der Waals surface area contributed by atoms with Crippen LogP contribution in [-0.2, 0) is 0 Å². The molecule has 3 nitrogen and oxygen atoms in total. The minimum atomic E-state index is -0.130. The zero-order chi connectivity index (χ0) is 13.0. The summed E-state index contributed by atoms with van der Waals surface area (Å²) in [6.07, 6.45) is 2.13. The van der Waals surface area contributed by atoms with Gasteiger partial charge in [0, 0.05) is 11.9 Å². The molecule has 0 fully saturated rings. The van der Waals surface area contributed by atoms with Crippen molar-refractivity contribution in [2.45, 2.75) is 26.7 Å². The van der Waals surface area contributed by atoms with Crippen LogP contribution in [-0.4, -0.2) is 12.5 Å². The lowest BCUT2D eigenvalue weighted by atomic mass is 10.1. The summed E-state index contributed by atoms with van der Waals surface area (Å²) in [6, 6.07) is 9.42. The maximum atomic E-state index is 11.9. The molecule has 0 radical (unpaired) electrons. The Kier molecular flexibility index (Phi) is 4.03. The zero-order valence-electron chi connectivity index (χ0n) is 10.9. The van der Waals surface area contributed by atoms with Crippen LogP contribution in [0.25, 0.3) is 11.0 Å². The van der Waals surface area contributed by atoms with Gasteiger partial charge in [0.05, 0.1) is 0 Å². The van der Waals surface area contributed by atoms with Gasteiger partial charge in [-0.3, -0.25) is 4.79 Å². The Labute approximate surface area is 107 Å². The van der Waals surface area contributed by atoms with Crippen molar-refractivity contribution < 1.29 is 9.21 Å². The quantitative estimate of drug-likeness (QED) is 0.818. The summed E-state index contributed by atoms with van der Waals surface area (Å²) >= 11 is 0. The topological polar surface area (TPSA) is 42.2 Å². The van der Waals surface area contributed by atoms with Gasteiger partial charge in [-0.15, -0.1) is 0 Å². The number of rotatable bonds is 5. The molecule has 0 unspecified atom stereocenters. The predicted octanol–water partition coefficient (Wildman–Crippen LogP) is 3.60. The standard InChI is InChI=1S/C15H19NO2/c1-11(2)6-5-9-16-15(17)14-10-12-7-3-4-8-13(12)18-14/h3-4,7-8,10-11H,5-6,9H2,1-2H3,(H,16,17). The first kappa shape index (κ1) is 12.7. The average molecular weight is 245 g/mol. The Morgan fingerprint density at radius 3 is 2.83 bits per heavy atom. The van der Waals surface area contributed by atoms with Gasteiger partial charge in [-0.05, 0) is 30.9 Å². The summed E-state index contributed by atoms with van der Waals surface area (Å²) in [4.78, 5) is 11.9. The number of hydrogen-bond donors (Lipinski definition) is 1. The third-order valence-electron chi connectivity index (χ3n) is 2.89. The van der Waals surface area contributed by atoms with E-state index in [-0.39, 0.29) is 5.91 Å². The largest absolute Gasteiger partial charge is 0.451 e. The fourth-order valence-electron chi connectivity index (χ4n) is 1.89. The number of furan rings is 1. The maximum Gasteiger partial charge on any atom is 0.287 e. The highest BCUT2D eigenvalue weighted by atomic mass is 16.3. The third kappa shape index (κ3) is 3.13. The van der Waals surface area contributed by atoms with Crippen LogP contribution in [0.15, 0.2) is 34.7 Å². The molecule has 0 spiro atoms. The van der Waals surface area contributed by atoms with E-state index in [2.05, 4.69) is 19.2 Å². The number of para-hydroxylation sites is 1. The third-order valence-corrected chi connectivity index (χ3v) is 2.89. The smallest absolute Gasteiger partial charge is 0.287 e. The number of benzene rings is 1. The van der Waals surface area contributed by atoms with Crippen LogP contribution < -0.4 is 5.32 Å². The Morgan fingerprint density at radius 2 is 2.11 bits per heavy atom. The van der Waals surface area contributed by atoms with Crippen LogP contribution >= 0.6 is 0 Å². The molecule has 1 amide bonds. The van der Waals surface area contributed by atoms with E-state index in [9.17, 15) is 4.79 Å². The number of carbonyl (C=O) groups excluding carboxylic acids is 1. The van der Waals surface area contributed by atoms with Gasteiger partial charge in [0.2, 0.25) is 0 Å². The molecule has 0 aliphatic carbocycles. The SMILES string of the molecule is CC(C)CCCNC(=O)c1cc2ccccc2o1. The first-order chi connectivity index (χ1) is 8.66. The molecule has 0 saturated heterocycles. The van der Waals surface area contributed by atoms with Crippen LogP contribution in [0.3, 0.4) is 0 Å². The Bertz CT molecular complexity index is 495. The molecule has 1 aromatic heterocycles. The van der Waals surface area contributed by atoms with E-state index in [4.69, 9.17) is 4.42 Å². The molecule has 0 aliphatic rings. The van der Waals surface area contributed by atoms with Crippen molar-refractivity contribution in [1.29, 1.82) is 0 Å². The second kappa shape index (κ2) is 5.71. The highest BCUT2D eigenvalue weighted by Crippen LogP contribution is 2.18. The maximum absolute atomic E-state index is 11.9. The molecule has 3 heteroatoms. The second-order valence-electron chi connectivity index (χ2n) is 4.94. The molecular formula is C15H19NO2. The highest BCUT2D eigenvalue weighted by molar-refractivity contribution is 5.95. The molecule has 1 aromatic carbocycles. The molecule has 2 aromatic rings. The van der Waals surface area contributed by atoms with Crippen molar-refractivity contribution in [2.24, 2.45) is 5.92 Å². The van der Waals surface area contributed by atoms with E-state index < -0.39 is 0 Å². The molecule has 1 N–H and O–H groups in total. The van der Waals surface area contributed by atoms with E-state index in [1.807, 2.05) is 24.3 Å². The van der Waals surface area contributed by atoms with Gasteiger partial charge in [-0.25, -0.2) is 0 Å². The summed E-state index contributed by atoms with van der Waals surface area (Å²) in [5, 5.41) is 3.85. The predicted molar refractivity (Wildman–Crippen MR) is 72.6 cm³/mol. The van der Waals surface area contributed by atoms with Crippen LogP contribution in [0.5, 0.6) is 0 Å². The molecule has 1 heterocycles. The van der Waals surface area contributed by atoms with Gasteiger partial charge in [-0.1, -0.05) is 32.0 Å². The van der Waals surface area contributed by atoms with E-state index in [0.29, 0.717) is 18.2 Å². The molecule has 0 bridgehead atoms. The number of fused-ring (bicyclic) bond motifs is 1. The minimum absolute atomic E-state index is 0.130. The summed E-state index contributed by atoms with van der Waals surface area (Å²) < 4.78 is 5.50. The molecule has 18 heavy (non-hydrogen) atoms. The van der Waals surface area contributed by atoms with E-state index in [1.54, 1.807) is 6.07 Å². The van der Waals surface area contributed by atoms with Gasteiger partial charge >= 0.3 is 0 Å². The van der Waals surface area contributed by atoms with Crippen LogP contribution in [0, 0.1) is 5.92 Å². The molecule has 2 rings (SSSR count). The molecule has 0 atom stereocenters.